The Balaban J connectivity index is 0.000000182. The Morgan fingerprint density at radius 1 is 0.543 bits per heavy atom. The SMILES string of the molecule is C.C=C(C)C(C)(CC(C)C)c1cnc2c3ccccc3c3c(C)cccc3n12.CC(=O)C(C)(CC(C)C)c1cnc2c3ccccc3c3c(C)cccc3n12.CC(C)(C)[O-].CP(C)(C)(C)Br.Cc1ccc2c3c1c1ccccc1c1ncc(n13)C(C)(CC(C)C)C2(C)C.[K+]. The number of fused-ring (bicyclic) bond motifs is 15. The third kappa shape index (κ3) is 14.8. The second-order valence-corrected chi connectivity index (χ2v) is 47.1. The van der Waals surface area contributed by atoms with Crippen molar-refractivity contribution in [3.8, 4) is 0 Å². The summed E-state index contributed by atoms with van der Waals surface area (Å²) in [6.45, 7) is 54.0. The number of aryl methyl sites for hydroxylation is 3. The smallest absolute Gasteiger partial charge is 0.295 e. The summed E-state index contributed by atoms with van der Waals surface area (Å²) in [6.07, 6.45) is 9.13. The first-order valence-electron chi connectivity index (χ1n) is 33.2. The largest absolute Gasteiger partial charge is 1.00 e. The monoisotopic (exact) mass is 1370 g/mol. The third-order valence-electron chi connectivity index (χ3n) is 19.1. The molecule has 0 N–H and O–H groups in total. The average Bonchev–Trinajstić information content (AvgIpc) is 1.31. The molecule has 0 amide bonds. The van der Waals surface area contributed by atoms with E-state index in [1.807, 2.05) is 6.20 Å². The molecule has 0 saturated carbocycles. The molecule has 0 bridgehead atoms. The molecule has 94 heavy (non-hydrogen) atoms. The van der Waals surface area contributed by atoms with E-state index >= 15 is 0 Å². The van der Waals surface area contributed by atoms with Crippen LogP contribution in [0.1, 0.15) is 177 Å². The predicted octanol–water partition coefficient (Wildman–Crippen LogP) is 19.4. The number of rotatable bonds is 10. The number of ketones is 1. The zero-order valence-corrected chi connectivity index (χ0v) is 66.3. The quantitative estimate of drug-likeness (QED) is 0.0589. The Hall–Kier alpha value is -5.13. The average molecular weight is 1370 g/mol. The topological polar surface area (TPSA) is 92.0 Å². The number of imidazole rings is 3. The molecule has 3 atom stereocenters. The summed E-state index contributed by atoms with van der Waals surface area (Å²) in [7, 11) is 0. The van der Waals surface area contributed by atoms with Crippen LogP contribution in [-0.4, -0.2) is 66.2 Å². The molecule has 12 aromatic rings. The summed E-state index contributed by atoms with van der Waals surface area (Å²) >= 11 is 3.61. The van der Waals surface area contributed by atoms with Gasteiger partial charge in [-0.3, -0.25) is 18.0 Å². The summed E-state index contributed by atoms with van der Waals surface area (Å²) in [5, 5.41) is 20.2. The molecule has 11 heteroatoms. The van der Waals surface area contributed by atoms with Gasteiger partial charge in [-0.25, -0.2) is 15.0 Å². The Labute approximate surface area is 613 Å². The summed E-state index contributed by atoms with van der Waals surface area (Å²) in [5.74, 6) is 1.80. The van der Waals surface area contributed by atoms with Gasteiger partial charge < -0.3 is 5.11 Å². The third-order valence-corrected chi connectivity index (χ3v) is 19.1. The Bertz CT molecular complexity index is 4600. The second kappa shape index (κ2) is 28.0. The fourth-order valence-corrected chi connectivity index (χ4v) is 14.7. The van der Waals surface area contributed by atoms with Crippen molar-refractivity contribution < 1.29 is 61.3 Å². The van der Waals surface area contributed by atoms with Gasteiger partial charge in [0.2, 0.25) is 0 Å². The molecule has 1 aliphatic heterocycles. The van der Waals surface area contributed by atoms with Crippen LogP contribution in [0.25, 0.3) is 82.0 Å². The number of carbonyl (C=O) groups excluding carboxylic acids is 1. The molecule has 1 aliphatic rings. The summed E-state index contributed by atoms with van der Waals surface area (Å²) in [6, 6.07) is 43.4. The van der Waals surface area contributed by atoms with Crippen molar-refractivity contribution in [2.45, 2.75) is 186 Å². The molecular formula is C83H107BrKN6O2P. The number of benzene rings is 6. The van der Waals surface area contributed by atoms with Crippen molar-refractivity contribution in [3.05, 3.63) is 191 Å². The van der Waals surface area contributed by atoms with E-state index in [2.05, 4.69) is 300 Å². The van der Waals surface area contributed by atoms with Gasteiger partial charge in [0.05, 0.1) is 45.7 Å². The van der Waals surface area contributed by atoms with E-state index in [1.54, 1.807) is 27.7 Å². The van der Waals surface area contributed by atoms with Crippen molar-refractivity contribution in [1.29, 1.82) is 0 Å². The van der Waals surface area contributed by atoms with Crippen molar-refractivity contribution in [2.24, 2.45) is 17.8 Å². The Morgan fingerprint density at radius 3 is 1.28 bits per heavy atom. The van der Waals surface area contributed by atoms with E-state index < -0.39 is 16.3 Å². The minimum absolute atomic E-state index is 0. The molecule has 0 saturated heterocycles. The number of halogens is 1. The summed E-state index contributed by atoms with van der Waals surface area (Å²) < 4.78 is 7.07. The normalized spacial score (nSPS) is 16.1. The van der Waals surface area contributed by atoms with Crippen LogP contribution in [0.2, 0.25) is 0 Å². The molecule has 0 fully saturated rings. The van der Waals surface area contributed by atoms with Crippen LogP contribution >= 0.6 is 20.8 Å². The van der Waals surface area contributed by atoms with Crippen LogP contribution in [-0.2, 0) is 26.5 Å². The number of nitrogens with zero attached hydrogens (tertiary/aromatic N) is 6. The van der Waals surface area contributed by atoms with Crippen molar-refractivity contribution in [2.75, 3.05) is 26.7 Å². The van der Waals surface area contributed by atoms with Crippen molar-refractivity contribution >= 4 is 109 Å². The van der Waals surface area contributed by atoms with Crippen molar-refractivity contribution in [3.63, 3.8) is 0 Å². The van der Waals surface area contributed by atoms with E-state index in [0.717, 1.165) is 52.8 Å². The van der Waals surface area contributed by atoms with Gasteiger partial charge in [-0.15, -0.1) is 5.60 Å². The molecule has 7 heterocycles. The molecule has 0 spiro atoms. The zero-order chi connectivity index (χ0) is 67.8. The van der Waals surface area contributed by atoms with Gasteiger partial charge in [-0.05, 0) is 129 Å². The van der Waals surface area contributed by atoms with Crippen LogP contribution in [0.15, 0.2) is 152 Å². The maximum absolute atomic E-state index is 12.8. The number of pyridine rings is 3. The molecule has 3 unspecified atom stereocenters. The van der Waals surface area contributed by atoms with Crippen LogP contribution in [0.3, 0.4) is 0 Å². The fraction of sp³-hybridized carbons (Fsp3) is 0.422. The number of carbonyl (C=O) groups is 1. The van der Waals surface area contributed by atoms with E-state index in [0.29, 0.717) is 17.8 Å². The van der Waals surface area contributed by atoms with E-state index in [4.69, 9.17) is 15.0 Å². The van der Waals surface area contributed by atoms with Gasteiger partial charge in [0, 0.05) is 60.5 Å². The van der Waals surface area contributed by atoms with E-state index in [1.165, 1.54) is 93.3 Å². The number of hydrogen-bond acceptors (Lipinski definition) is 5. The molecule has 6 aromatic heterocycles. The zero-order valence-electron chi connectivity index (χ0n) is 60.7. The maximum atomic E-state index is 12.8. The molecule has 0 aliphatic carbocycles. The van der Waals surface area contributed by atoms with Gasteiger partial charge in [-0.1, -0.05) is 219 Å². The van der Waals surface area contributed by atoms with Crippen LogP contribution in [0.5, 0.6) is 0 Å². The van der Waals surface area contributed by atoms with Gasteiger partial charge in [0.25, 0.3) is 0 Å². The van der Waals surface area contributed by atoms with Gasteiger partial charge in [-0.2, -0.15) is 0 Å². The Kier molecular flexibility index (Phi) is 22.7. The van der Waals surface area contributed by atoms with Gasteiger partial charge >= 0.3 is 98.8 Å². The van der Waals surface area contributed by atoms with Gasteiger partial charge in [0.15, 0.2) is 0 Å². The molecule has 0 radical (unpaired) electrons. The second-order valence-electron chi connectivity index (χ2n) is 31.9. The number of allylic oxidation sites excluding steroid dienone is 1. The van der Waals surface area contributed by atoms with Crippen LogP contribution < -0.4 is 56.5 Å². The van der Waals surface area contributed by atoms with Crippen molar-refractivity contribution in [1.82, 2.24) is 28.2 Å². The first-order valence-corrected chi connectivity index (χ1v) is 39.2. The molecule has 8 nitrogen and oxygen atoms in total. The fourth-order valence-electron chi connectivity index (χ4n) is 14.7. The van der Waals surface area contributed by atoms with Crippen LogP contribution in [0, 0.1) is 38.5 Å². The number of hydrogen-bond donors (Lipinski definition) is 0. The Morgan fingerprint density at radius 2 is 0.894 bits per heavy atom. The summed E-state index contributed by atoms with van der Waals surface area (Å²) in [5.41, 5.74) is 15.5. The van der Waals surface area contributed by atoms with E-state index in [9.17, 15) is 9.90 Å². The summed E-state index contributed by atoms with van der Waals surface area (Å²) in [4.78, 5) is 27.4. The molecule has 6 aromatic carbocycles. The molecule has 13 rings (SSSR count). The molecular weight excluding hydrogens is 1260 g/mol. The van der Waals surface area contributed by atoms with Gasteiger partial charge in [0.1, 0.15) is 22.7 Å². The number of aromatic nitrogens is 6. The molecule has 494 valence electrons. The van der Waals surface area contributed by atoms with Crippen LogP contribution in [0.4, 0.5) is 0 Å². The van der Waals surface area contributed by atoms with E-state index in [-0.39, 0.29) is 80.8 Å². The first kappa shape index (κ1) is 76.2. The maximum Gasteiger partial charge on any atom is 1.00 e. The minimum atomic E-state index is -1.24. The number of Topliss-reactive ketones (excluding diaryl/α,β-unsaturated/α-hetero) is 1. The predicted molar refractivity (Wildman–Crippen MR) is 410 cm³/mol. The standard InChI is InChI=1S/2C25H28N2.C24H26N2O.C4H12BrP.C4H9O.CH4.K/c1-15(2)13-25(6)20-14-26-23-18-10-8-7-9-17(18)21-16(3)11-12-19(24(25,4)5)22(21)27(20)23;1-16(2)14-25(6,17(3)4)22-15-26-24-20-12-8-7-11-19(20)23-18(5)10-9-13-21(23)27(22)24;1-15(2)13-24(5,17(4)27)21-14-25-23-19-11-7-6-10-18(19)22-16(3)9-8-12-20(22)26(21)23;1-6(2,3,4)5;1-4(2,3)5;;/h7-12,14-15H,13H2,1-6H3;7-13,15-16H,3,14H2,1-2,4-6H3;6-12,14-15H,13H2,1-5H3;1-4H3;1-3H3;1H4;/q;;;;-1;;+1. The minimum Gasteiger partial charge on any atom is -0.295 e. The first-order chi connectivity index (χ1) is 42.7.